The highest BCUT2D eigenvalue weighted by Crippen LogP contribution is 2.33. The van der Waals surface area contributed by atoms with Crippen LogP contribution in [-0.4, -0.2) is 63.4 Å². The van der Waals surface area contributed by atoms with E-state index in [1.165, 1.54) is 42.9 Å². The number of methoxy groups -OCH3 is 2. The molecule has 0 aromatic heterocycles. The minimum atomic E-state index is -4.02. The number of nitrogens with zero attached hydrogens (tertiary/aromatic N) is 2. The molecule has 0 spiro atoms. The first kappa shape index (κ1) is 27.3. The Hall–Kier alpha value is -3.31. The minimum Gasteiger partial charge on any atom is -0.504 e. The van der Waals surface area contributed by atoms with Gasteiger partial charge in [-0.2, -0.15) is 9.41 Å². The molecule has 3 rings (SSSR count). The lowest BCUT2D eigenvalue weighted by Gasteiger charge is -2.32. The molecule has 1 saturated carbocycles. The fourth-order valence-corrected chi connectivity index (χ4v) is 5.82. The van der Waals surface area contributed by atoms with E-state index in [2.05, 4.69) is 10.5 Å². The van der Waals surface area contributed by atoms with Crippen molar-refractivity contribution in [3.05, 3.63) is 42.0 Å². The Bertz CT molecular complexity index is 1180. The average molecular weight is 520 g/mol. The Morgan fingerprint density at radius 3 is 2.50 bits per heavy atom. The second-order valence-electron chi connectivity index (χ2n) is 8.28. The third kappa shape index (κ3) is 6.46. The van der Waals surface area contributed by atoms with Crippen molar-refractivity contribution in [3.8, 4) is 23.0 Å². The van der Waals surface area contributed by atoms with Crippen molar-refractivity contribution >= 4 is 22.1 Å². The largest absolute Gasteiger partial charge is 0.504 e. The molecule has 0 unspecified atom stereocenters. The van der Waals surface area contributed by atoms with E-state index in [-0.39, 0.29) is 22.4 Å². The van der Waals surface area contributed by atoms with Crippen molar-refractivity contribution in [2.24, 2.45) is 5.10 Å². The lowest BCUT2D eigenvalue weighted by molar-refractivity contribution is -0.121. The third-order valence-corrected chi connectivity index (χ3v) is 7.86. The van der Waals surface area contributed by atoms with E-state index >= 15 is 0 Å². The van der Waals surface area contributed by atoms with E-state index in [0.29, 0.717) is 36.5 Å². The molecule has 2 N–H and O–H groups in total. The van der Waals surface area contributed by atoms with Crippen LogP contribution in [0, 0.1) is 0 Å². The second-order valence-corrected chi connectivity index (χ2v) is 10.2. The van der Waals surface area contributed by atoms with Crippen molar-refractivity contribution in [1.29, 1.82) is 0 Å². The van der Waals surface area contributed by atoms with Crippen molar-refractivity contribution in [3.63, 3.8) is 0 Å². The molecule has 196 valence electrons. The first-order valence-corrected chi connectivity index (χ1v) is 13.3. The number of phenols is 1. The third-order valence-electron chi connectivity index (χ3n) is 5.97. The molecule has 1 aliphatic rings. The number of amides is 1. The number of hydrogen-bond donors (Lipinski definition) is 2. The lowest BCUT2D eigenvalue weighted by Crippen LogP contribution is -2.46. The molecule has 0 bridgehead atoms. The maximum Gasteiger partial charge on any atom is 0.255 e. The zero-order valence-corrected chi connectivity index (χ0v) is 21.6. The number of hydrazone groups is 1. The predicted molar refractivity (Wildman–Crippen MR) is 135 cm³/mol. The van der Waals surface area contributed by atoms with Gasteiger partial charge in [0, 0.05) is 17.7 Å². The van der Waals surface area contributed by atoms with Gasteiger partial charge in [-0.1, -0.05) is 25.3 Å². The van der Waals surface area contributed by atoms with Crippen LogP contribution in [-0.2, 0) is 14.8 Å². The van der Waals surface area contributed by atoms with E-state index in [4.69, 9.17) is 14.2 Å². The molecule has 1 aliphatic carbocycles. The minimum absolute atomic E-state index is 0.0136. The number of ether oxygens (including phenoxy) is 3. The number of carbonyl (C=O) groups is 1. The summed E-state index contributed by atoms with van der Waals surface area (Å²) >= 11 is 0. The second kappa shape index (κ2) is 12.6. The Morgan fingerprint density at radius 1 is 1.11 bits per heavy atom. The molecular formula is C25H33N3O7S. The van der Waals surface area contributed by atoms with Gasteiger partial charge in [0.2, 0.25) is 10.0 Å². The molecule has 1 fully saturated rings. The number of benzene rings is 2. The van der Waals surface area contributed by atoms with Crippen LogP contribution in [0.15, 0.2) is 46.4 Å². The standard InChI is InChI=1S/C25H33N3O7S/c1-4-35-22-12-8-9-18(25(22)30)16-26-27-24(29)17-28(19-10-6-5-7-11-19)36(31,32)20-13-14-21(33-2)23(15-20)34-3/h8-9,12-16,19,30H,4-7,10-11,17H2,1-3H3,(H,27,29)/b26-16-. The van der Waals surface area contributed by atoms with E-state index in [1.807, 2.05) is 0 Å². The number of rotatable bonds is 11. The summed E-state index contributed by atoms with van der Waals surface area (Å²) in [5, 5.41) is 14.2. The van der Waals surface area contributed by atoms with Crippen molar-refractivity contribution in [1.82, 2.24) is 9.73 Å². The molecule has 10 nitrogen and oxygen atoms in total. The topological polar surface area (TPSA) is 127 Å². The summed E-state index contributed by atoms with van der Waals surface area (Å²) in [5.41, 5.74) is 2.72. The van der Waals surface area contributed by atoms with Crippen LogP contribution < -0.4 is 19.6 Å². The van der Waals surface area contributed by atoms with Crippen molar-refractivity contribution < 1.29 is 32.5 Å². The molecule has 0 saturated heterocycles. The smallest absolute Gasteiger partial charge is 0.255 e. The van der Waals surface area contributed by atoms with Gasteiger partial charge in [0.1, 0.15) is 0 Å². The highest BCUT2D eigenvalue weighted by atomic mass is 32.2. The summed E-state index contributed by atoms with van der Waals surface area (Å²) in [7, 11) is -1.12. The number of carbonyl (C=O) groups excluding carboxylic acids is 1. The van der Waals surface area contributed by atoms with Gasteiger partial charge in [0.05, 0.1) is 38.5 Å². The summed E-state index contributed by atoms with van der Waals surface area (Å²) < 4.78 is 44.4. The Labute approximate surface area is 211 Å². The van der Waals surface area contributed by atoms with Crippen LogP contribution in [0.5, 0.6) is 23.0 Å². The first-order chi connectivity index (χ1) is 17.3. The number of phenolic OH excluding ortho intramolecular Hbond substituents is 1. The van der Waals surface area contributed by atoms with Crippen LogP contribution in [0.3, 0.4) is 0 Å². The fraction of sp³-hybridized carbons (Fsp3) is 0.440. The molecule has 0 atom stereocenters. The van der Waals surface area contributed by atoms with Crippen molar-refractivity contribution in [2.75, 3.05) is 27.4 Å². The van der Waals surface area contributed by atoms with Gasteiger partial charge in [-0.25, -0.2) is 13.8 Å². The number of para-hydroxylation sites is 1. The highest BCUT2D eigenvalue weighted by molar-refractivity contribution is 7.89. The van der Waals surface area contributed by atoms with Gasteiger partial charge in [-0.15, -0.1) is 0 Å². The molecule has 36 heavy (non-hydrogen) atoms. The molecule has 1 amide bonds. The maximum absolute atomic E-state index is 13.6. The fourth-order valence-electron chi connectivity index (χ4n) is 4.16. The molecule has 0 aliphatic heterocycles. The van der Waals surface area contributed by atoms with Crippen LogP contribution in [0.2, 0.25) is 0 Å². The van der Waals surface area contributed by atoms with Gasteiger partial charge >= 0.3 is 0 Å². The Kier molecular flexibility index (Phi) is 9.54. The summed E-state index contributed by atoms with van der Waals surface area (Å²) in [6.07, 6.45) is 5.42. The molecule has 0 radical (unpaired) electrons. The molecule has 2 aromatic rings. The summed E-state index contributed by atoms with van der Waals surface area (Å²) in [6.45, 7) is 1.79. The van der Waals surface area contributed by atoms with Crippen LogP contribution in [0.25, 0.3) is 0 Å². The summed E-state index contributed by atoms with van der Waals surface area (Å²) in [4.78, 5) is 12.8. The molecule has 0 heterocycles. The number of hydrogen-bond acceptors (Lipinski definition) is 8. The summed E-state index contributed by atoms with van der Waals surface area (Å²) in [5.74, 6) is 0.297. The average Bonchev–Trinajstić information content (AvgIpc) is 2.89. The Balaban J connectivity index is 1.80. The number of aromatic hydroxyl groups is 1. The normalized spacial score (nSPS) is 14.7. The van der Waals surface area contributed by atoms with Crippen molar-refractivity contribution in [2.45, 2.75) is 50.0 Å². The molecule has 11 heteroatoms. The van der Waals surface area contributed by atoms with Gasteiger partial charge in [0.15, 0.2) is 23.0 Å². The van der Waals surface area contributed by atoms with E-state index < -0.39 is 22.5 Å². The van der Waals surface area contributed by atoms with E-state index in [1.54, 1.807) is 25.1 Å². The van der Waals surface area contributed by atoms with E-state index in [0.717, 1.165) is 19.3 Å². The molecule has 2 aromatic carbocycles. The zero-order chi connectivity index (χ0) is 26.1. The Morgan fingerprint density at radius 2 is 1.83 bits per heavy atom. The van der Waals surface area contributed by atoms with Gasteiger partial charge < -0.3 is 19.3 Å². The number of nitrogens with one attached hydrogen (secondary N) is 1. The monoisotopic (exact) mass is 519 g/mol. The summed E-state index contributed by atoms with van der Waals surface area (Å²) in [6, 6.07) is 8.98. The number of sulfonamides is 1. The van der Waals surface area contributed by atoms with Crippen LogP contribution in [0.4, 0.5) is 0 Å². The van der Waals surface area contributed by atoms with Gasteiger partial charge in [-0.05, 0) is 44.0 Å². The van der Waals surface area contributed by atoms with Gasteiger partial charge in [0.25, 0.3) is 5.91 Å². The molecular weight excluding hydrogens is 486 g/mol. The quantitative estimate of drug-likeness (QED) is 0.345. The van der Waals surface area contributed by atoms with E-state index in [9.17, 15) is 18.3 Å². The highest BCUT2D eigenvalue weighted by Gasteiger charge is 2.34. The van der Waals surface area contributed by atoms with Crippen LogP contribution in [0.1, 0.15) is 44.6 Å². The first-order valence-electron chi connectivity index (χ1n) is 11.8. The predicted octanol–water partition coefficient (Wildman–Crippen LogP) is 3.28. The van der Waals surface area contributed by atoms with Gasteiger partial charge in [-0.3, -0.25) is 4.79 Å². The SMILES string of the molecule is CCOc1cccc(/C=N\NC(=O)CN(C2CCCCC2)S(=O)(=O)c2ccc(OC)c(OC)c2)c1O. The zero-order valence-electron chi connectivity index (χ0n) is 20.8. The maximum atomic E-state index is 13.6. The van der Waals surface area contributed by atoms with Crippen LogP contribution >= 0.6 is 0 Å². The lowest BCUT2D eigenvalue weighted by atomic mass is 9.95.